The molecule has 3 amide bonds. The normalized spacial score (nSPS) is 23.0. The first kappa shape index (κ1) is 21.7. The Balaban J connectivity index is 1.43. The minimum atomic E-state index is -1.26. The zero-order valence-electron chi connectivity index (χ0n) is 16.1. The number of carbonyl (C=O) groups excluding carboxylic acids is 2. The maximum Gasteiger partial charge on any atom is 0.319 e. The number of anilines is 1. The fraction of sp³-hybridized carbons (Fsp3) is 0.333. The highest BCUT2D eigenvalue weighted by Gasteiger charge is 2.43. The molecule has 3 rings (SSSR count). The molecule has 1 fully saturated rings. The minimum absolute atomic E-state index is 0.0371. The third kappa shape index (κ3) is 5.99. The van der Waals surface area contributed by atoms with Crippen LogP contribution in [0.4, 0.5) is 14.9 Å². The van der Waals surface area contributed by atoms with E-state index >= 15 is 0 Å². The maximum absolute atomic E-state index is 12.9. The van der Waals surface area contributed by atoms with Gasteiger partial charge in [-0.1, -0.05) is 30.3 Å². The number of amides is 3. The van der Waals surface area contributed by atoms with E-state index in [2.05, 4.69) is 16.0 Å². The number of rotatable bonds is 7. The third-order valence-corrected chi connectivity index (χ3v) is 4.75. The molecule has 0 saturated carbocycles. The number of halogens is 1. The molecule has 5 N–H and O–H groups in total. The molecule has 30 heavy (non-hydrogen) atoms. The van der Waals surface area contributed by atoms with Crippen molar-refractivity contribution in [3.63, 3.8) is 0 Å². The number of para-hydroxylation sites is 1. The maximum atomic E-state index is 12.9. The van der Waals surface area contributed by atoms with Gasteiger partial charge < -0.3 is 30.9 Å². The van der Waals surface area contributed by atoms with Gasteiger partial charge in [0.1, 0.15) is 24.1 Å². The number of aliphatic hydroxyl groups is 2. The van der Waals surface area contributed by atoms with Gasteiger partial charge in [0.05, 0.1) is 12.5 Å². The fourth-order valence-electron chi connectivity index (χ4n) is 3.11. The van der Waals surface area contributed by atoms with Gasteiger partial charge in [-0.05, 0) is 29.8 Å². The monoisotopic (exact) mass is 417 g/mol. The Labute approximate surface area is 173 Å². The lowest BCUT2D eigenvalue weighted by Crippen LogP contribution is -2.41. The first-order valence-corrected chi connectivity index (χ1v) is 9.55. The molecule has 0 spiro atoms. The lowest BCUT2D eigenvalue weighted by molar-refractivity contribution is -0.125. The van der Waals surface area contributed by atoms with Gasteiger partial charge in [0.2, 0.25) is 5.91 Å². The molecule has 1 aliphatic heterocycles. The second-order valence-corrected chi connectivity index (χ2v) is 7.00. The number of urea groups is 1. The van der Waals surface area contributed by atoms with E-state index < -0.39 is 30.4 Å². The summed E-state index contributed by atoms with van der Waals surface area (Å²) in [7, 11) is 0. The van der Waals surface area contributed by atoms with E-state index in [0.717, 1.165) is 5.56 Å². The van der Waals surface area contributed by atoms with Gasteiger partial charge in [0.15, 0.2) is 0 Å². The van der Waals surface area contributed by atoms with E-state index in [9.17, 15) is 24.2 Å². The second-order valence-electron chi connectivity index (χ2n) is 7.00. The topological polar surface area (TPSA) is 120 Å². The molecule has 0 radical (unpaired) electrons. The van der Waals surface area contributed by atoms with Gasteiger partial charge in [-0.3, -0.25) is 4.79 Å². The molecule has 4 unspecified atom stereocenters. The van der Waals surface area contributed by atoms with Gasteiger partial charge in [0, 0.05) is 18.8 Å². The van der Waals surface area contributed by atoms with Crippen LogP contribution in [0.1, 0.15) is 12.0 Å². The Morgan fingerprint density at radius 3 is 2.30 bits per heavy atom. The van der Waals surface area contributed by atoms with Crippen LogP contribution in [0.25, 0.3) is 0 Å². The highest BCUT2D eigenvalue weighted by Crippen LogP contribution is 2.23. The van der Waals surface area contributed by atoms with Crippen molar-refractivity contribution in [3.8, 4) is 0 Å². The molecule has 1 heterocycles. The number of ether oxygens (including phenoxy) is 1. The van der Waals surface area contributed by atoms with Gasteiger partial charge >= 0.3 is 6.03 Å². The average Bonchev–Trinajstić information content (AvgIpc) is 3.00. The number of hydrogen-bond donors (Lipinski definition) is 5. The highest BCUT2D eigenvalue weighted by atomic mass is 19.1. The van der Waals surface area contributed by atoms with Crippen LogP contribution in [0.5, 0.6) is 0 Å². The Bertz CT molecular complexity index is 849. The first-order valence-electron chi connectivity index (χ1n) is 9.55. The molecule has 0 aromatic heterocycles. The van der Waals surface area contributed by atoms with Gasteiger partial charge in [-0.15, -0.1) is 0 Å². The minimum Gasteiger partial charge on any atom is -0.388 e. The molecule has 160 valence electrons. The van der Waals surface area contributed by atoms with Gasteiger partial charge in [0.25, 0.3) is 0 Å². The predicted molar refractivity (Wildman–Crippen MR) is 107 cm³/mol. The van der Waals surface area contributed by atoms with Crippen LogP contribution in [-0.4, -0.2) is 53.1 Å². The number of nitrogens with one attached hydrogen (secondary N) is 3. The van der Waals surface area contributed by atoms with Crippen molar-refractivity contribution in [2.24, 2.45) is 0 Å². The van der Waals surface area contributed by atoms with Crippen LogP contribution in [0.2, 0.25) is 0 Å². The number of carbonyl (C=O) groups is 2. The van der Waals surface area contributed by atoms with Crippen LogP contribution >= 0.6 is 0 Å². The number of benzene rings is 2. The summed E-state index contributed by atoms with van der Waals surface area (Å²) in [5.74, 6) is -0.746. The van der Waals surface area contributed by atoms with Crippen molar-refractivity contribution in [1.29, 1.82) is 0 Å². The van der Waals surface area contributed by atoms with E-state index in [1.165, 1.54) is 12.1 Å². The van der Waals surface area contributed by atoms with Crippen molar-refractivity contribution < 1.29 is 28.9 Å². The molecule has 9 heteroatoms. The summed E-state index contributed by atoms with van der Waals surface area (Å²) < 4.78 is 18.5. The zero-order chi connectivity index (χ0) is 21.5. The van der Waals surface area contributed by atoms with Gasteiger partial charge in [-0.2, -0.15) is 0 Å². The van der Waals surface area contributed by atoms with E-state index in [1.807, 2.05) is 6.07 Å². The van der Waals surface area contributed by atoms with Crippen molar-refractivity contribution in [1.82, 2.24) is 10.6 Å². The molecule has 1 saturated heterocycles. The quantitative estimate of drug-likeness (QED) is 0.463. The Kier molecular flexibility index (Phi) is 7.34. The van der Waals surface area contributed by atoms with Crippen LogP contribution in [0.15, 0.2) is 54.6 Å². The Hall–Kier alpha value is -3.01. The second kappa shape index (κ2) is 10.1. The summed E-state index contributed by atoms with van der Waals surface area (Å²) in [6.07, 6.45) is -4.41. The fourth-order valence-corrected chi connectivity index (χ4v) is 3.11. The molecule has 0 bridgehead atoms. The largest absolute Gasteiger partial charge is 0.388 e. The lowest BCUT2D eigenvalue weighted by atomic mass is 10.1. The summed E-state index contributed by atoms with van der Waals surface area (Å²) in [5.41, 5.74) is 1.34. The van der Waals surface area contributed by atoms with E-state index in [-0.39, 0.29) is 31.2 Å². The third-order valence-electron chi connectivity index (χ3n) is 4.75. The first-order chi connectivity index (χ1) is 14.4. The van der Waals surface area contributed by atoms with Crippen molar-refractivity contribution in [2.75, 3.05) is 11.9 Å². The highest BCUT2D eigenvalue weighted by molar-refractivity contribution is 5.89. The molecule has 8 nitrogen and oxygen atoms in total. The van der Waals surface area contributed by atoms with E-state index in [1.54, 1.807) is 36.4 Å². The molecule has 1 aliphatic rings. The van der Waals surface area contributed by atoms with Crippen LogP contribution in [-0.2, 0) is 16.1 Å². The SMILES string of the molecule is O=C(CC1OC(CNC(=O)Nc2ccccc2)C(O)C1O)NCc1ccc(F)cc1. The molecular formula is C21H24FN3O5. The smallest absolute Gasteiger partial charge is 0.319 e. The molecule has 2 aromatic rings. The Morgan fingerprint density at radius 1 is 0.933 bits per heavy atom. The molecule has 4 atom stereocenters. The van der Waals surface area contributed by atoms with Crippen molar-refractivity contribution >= 4 is 17.6 Å². The summed E-state index contributed by atoms with van der Waals surface area (Å²) in [4.78, 5) is 24.1. The summed E-state index contributed by atoms with van der Waals surface area (Å²) in [6.45, 7) is 0.166. The lowest BCUT2D eigenvalue weighted by Gasteiger charge is -2.15. The van der Waals surface area contributed by atoms with Crippen molar-refractivity contribution in [3.05, 3.63) is 66.0 Å². The van der Waals surface area contributed by atoms with Crippen LogP contribution in [0, 0.1) is 5.82 Å². The van der Waals surface area contributed by atoms with Crippen LogP contribution in [0.3, 0.4) is 0 Å². The number of aliphatic hydroxyl groups excluding tert-OH is 2. The molecular weight excluding hydrogens is 393 g/mol. The Morgan fingerprint density at radius 2 is 1.60 bits per heavy atom. The number of hydrogen-bond acceptors (Lipinski definition) is 5. The van der Waals surface area contributed by atoms with E-state index in [0.29, 0.717) is 5.69 Å². The summed E-state index contributed by atoms with van der Waals surface area (Å²) in [6, 6.07) is 14.1. The van der Waals surface area contributed by atoms with E-state index in [4.69, 9.17) is 4.74 Å². The zero-order valence-corrected chi connectivity index (χ0v) is 16.1. The summed E-state index contributed by atoms with van der Waals surface area (Å²) in [5, 5.41) is 28.2. The standard InChI is InChI=1S/C21H24FN3O5/c22-14-8-6-13(7-9-14)11-23-18(26)10-16-19(27)20(28)17(30-16)12-24-21(29)25-15-4-2-1-3-5-15/h1-9,16-17,19-20,27-28H,10-12H2,(H,23,26)(H2,24,25,29). The average molecular weight is 417 g/mol. The molecule has 0 aliphatic carbocycles. The van der Waals surface area contributed by atoms with Crippen molar-refractivity contribution in [2.45, 2.75) is 37.4 Å². The summed E-state index contributed by atoms with van der Waals surface area (Å²) >= 11 is 0. The predicted octanol–water partition coefficient (Wildman–Crippen LogP) is 1.14. The van der Waals surface area contributed by atoms with Gasteiger partial charge in [-0.25, -0.2) is 9.18 Å². The van der Waals surface area contributed by atoms with Crippen LogP contribution < -0.4 is 16.0 Å². The molecule has 2 aromatic carbocycles.